The quantitative estimate of drug-likeness (QED) is 0.765. The maximum atomic E-state index is 11.2. The van der Waals surface area contributed by atoms with E-state index in [4.69, 9.17) is 9.84 Å². The van der Waals surface area contributed by atoms with Gasteiger partial charge in [-0.15, -0.1) is 0 Å². The molecule has 1 aromatic rings. The normalized spacial score (nSPS) is 29.2. The molecule has 0 saturated heterocycles. The third-order valence-electron chi connectivity index (χ3n) is 3.77. The van der Waals surface area contributed by atoms with Crippen LogP contribution < -0.4 is 0 Å². The number of aliphatic hydroxyl groups excluding tert-OH is 1. The third-order valence-corrected chi connectivity index (χ3v) is 3.77. The number of carbonyl (C=O) groups excluding carboxylic acids is 1. The second kappa shape index (κ2) is 6.63. The lowest BCUT2D eigenvalue weighted by atomic mass is 9.92. The SMILES string of the molecule is O=CC1C(OCc2ccccc2)CC(O)C1CC(=O)O. The first kappa shape index (κ1) is 14.7. The van der Waals surface area contributed by atoms with Gasteiger partial charge < -0.3 is 19.7 Å². The monoisotopic (exact) mass is 278 g/mol. The number of hydrogen-bond acceptors (Lipinski definition) is 4. The van der Waals surface area contributed by atoms with E-state index in [1.807, 2.05) is 30.3 Å². The van der Waals surface area contributed by atoms with E-state index in [9.17, 15) is 14.7 Å². The van der Waals surface area contributed by atoms with Gasteiger partial charge in [-0.3, -0.25) is 4.79 Å². The van der Waals surface area contributed by atoms with Gasteiger partial charge in [-0.25, -0.2) is 0 Å². The van der Waals surface area contributed by atoms with Crippen LogP contribution in [-0.4, -0.2) is 34.7 Å². The molecule has 5 nitrogen and oxygen atoms in total. The Bertz CT molecular complexity index is 459. The van der Waals surface area contributed by atoms with E-state index in [2.05, 4.69) is 0 Å². The van der Waals surface area contributed by atoms with Crippen molar-refractivity contribution in [1.29, 1.82) is 0 Å². The van der Waals surface area contributed by atoms with Crippen LogP contribution in [0.2, 0.25) is 0 Å². The summed E-state index contributed by atoms with van der Waals surface area (Å²) in [5.74, 6) is -2.14. The highest BCUT2D eigenvalue weighted by Gasteiger charge is 2.44. The largest absolute Gasteiger partial charge is 0.481 e. The molecule has 0 spiro atoms. The van der Waals surface area contributed by atoms with Gasteiger partial charge in [-0.05, 0) is 5.56 Å². The fourth-order valence-electron chi connectivity index (χ4n) is 2.72. The van der Waals surface area contributed by atoms with Gasteiger partial charge in [0.2, 0.25) is 0 Å². The number of carboxylic acid groups (broad SMARTS) is 1. The highest BCUT2D eigenvalue weighted by molar-refractivity contribution is 5.68. The van der Waals surface area contributed by atoms with Gasteiger partial charge in [0.15, 0.2) is 0 Å². The van der Waals surface area contributed by atoms with Gasteiger partial charge >= 0.3 is 5.97 Å². The Morgan fingerprint density at radius 3 is 2.65 bits per heavy atom. The van der Waals surface area contributed by atoms with Gasteiger partial charge in [0.05, 0.1) is 25.2 Å². The van der Waals surface area contributed by atoms with Crippen molar-refractivity contribution in [2.45, 2.75) is 31.7 Å². The van der Waals surface area contributed by atoms with E-state index in [1.165, 1.54) is 0 Å². The molecule has 0 bridgehead atoms. The molecule has 0 aromatic heterocycles. The summed E-state index contributed by atoms with van der Waals surface area (Å²) in [4.78, 5) is 22.0. The van der Waals surface area contributed by atoms with E-state index in [-0.39, 0.29) is 6.42 Å². The summed E-state index contributed by atoms with van der Waals surface area (Å²) in [5, 5.41) is 18.7. The maximum Gasteiger partial charge on any atom is 0.303 e. The van der Waals surface area contributed by atoms with Crippen LogP contribution in [0.4, 0.5) is 0 Å². The highest BCUT2D eigenvalue weighted by atomic mass is 16.5. The van der Waals surface area contributed by atoms with Crippen LogP contribution in [0.1, 0.15) is 18.4 Å². The Labute approximate surface area is 117 Å². The molecule has 5 heteroatoms. The number of aldehydes is 1. The van der Waals surface area contributed by atoms with Crippen LogP contribution in [0.25, 0.3) is 0 Å². The Balaban J connectivity index is 1.97. The molecule has 1 aliphatic rings. The highest BCUT2D eigenvalue weighted by Crippen LogP contribution is 2.36. The second-order valence-electron chi connectivity index (χ2n) is 5.11. The van der Waals surface area contributed by atoms with Crippen molar-refractivity contribution in [1.82, 2.24) is 0 Å². The second-order valence-corrected chi connectivity index (χ2v) is 5.11. The van der Waals surface area contributed by atoms with Crippen LogP contribution in [0, 0.1) is 11.8 Å². The molecule has 20 heavy (non-hydrogen) atoms. The molecule has 0 amide bonds. The number of carboxylic acids is 1. The van der Waals surface area contributed by atoms with Gasteiger partial charge in [0, 0.05) is 18.3 Å². The first-order valence-corrected chi connectivity index (χ1v) is 6.62. The molecular weight excluding hydrogens is 260 g/mol. The lowest BCUT2D eigenvalue weighted by molar-refractivity contribution is -0.139. The van der Waals surface area contributed by atoms with Crippen LogP contribution in [-0.2, 0) is 20.9 Å². The van der Waals surface area contributed by atoms with Crippen LogP contribution in [0.3, 0.4) is 0 Å². The average Bonchev–Trinajstić information content (AvgIpc) is 2.73. The van der Waals surface area contributed by atoms with Crippen molar-refractivity contribution in [3.8, 4) is 0 Å². The molecule has 0 heterocycles. The van der Waals surface area contributed by atoms with Gasteiger partial charge in [0.1, 0.15) is 6.29 Å². The van der Waals surface area contributed by atoms with Crippen LogP contribution in [0.15, 0.2) is 30.3 Å². The van der Waals surface area contributed by atoms with Gasteiger partial charge in [-0.1, -0.05) is 30.3 Å². The number of carbonyl (C=O) groups is 2. The summed E-state index contributed by atoms with van der Waals surface area (Å²) in [7, 11) is 0. The number of aliphatic hydroxyl groups is 1. The first-order chi connectivity index (χ1) is 9.61. The number of benzene rings is 1. The van der Waals surface area contributed by atoms with Crippen molar-refractivity contribution in [3.05, 3.63) is 35.9 Å². The smallest absolute Gasteiger partial charge is 0.303 e. The average molecular weight is 278 g/mol. The van der Waals surface area contributed by atoms with Crippen molar-refractivity contribution < 1.29 is 24.5 Å². The minimum atomic E-state index is -1.01. The molecule has 4 unspecified atom stereocenters. The Morgan fingerprint density at radius 1 is 1.35 bits per heavy atom. The zero-order valence-electron chi connectivity index (χ0n) is 11.0. The fourth-order valence-corrected chi connectivity index (χ4v) is 2.72. The zero-order chi connectivity index (χ0) is 14.5. The number of ether oxygens (including phenoxy) is 1. The van der Waals surface area contributed by atoms with E-state index in [1.54, 1.807) is 0 Å². The molecule has 1 saturated carbocycles. The van der Waals surface area contributed by atoms with Crippen molar-refractivity contribution >= 4 is 12.3 Å². The molecule has 4 atom stereocenters. The molecular formula is C15H18O5. The first-order valence-electron chi connectivity index (χ1n) is 6.62. The summed E-state index contributed by atoms with van der Waals surface area (Å²) < 4.78 is 5.69. The Morgan fingerprint density at radius 2 is 2.05 bits per heavy atom. The minimum Gasteiger partial charge on any atom is -0.481 e. The molecule has 1 fully saturated rings. The molecule has 1 aliphatic carbocycles. The Hall–Kier alpha value is -1.72. The van der Waals surface area contributed by atoms with E-state index >= 15 is 0 Å². The molecule has 108 valence electrons. The zero-order valence-corrected chi connectivity index (χ0v) is 11.0. The summed E-state index contributed by atoms with van der Waals surface area (Å²) >= 11 is 0. The van der Waals surface area contributed by atoms with Crippen LogP contribution in [0.5, 0.6) is 0 Å². The number of aliphatic carboxylic acids is 1. The fraction of sp³-hybridized carbons (Fsp3) is 0.467. The lowest BCUT2D eigenvalue weighted by Crippen LogP contribution is -2.27. The topological polar surface area (TPSA) is 83.8 Å². The molecule has 2 N–H and O–H groups in total. The van der Waals surface area contributed by atoms with E-state index in [0.29, 0.717) is 19.3 Å². The number of hydrogen-bond donors (Lipinski definition) is 2. The predicted octanol–water partition coefficient (Wildman–Crippen LogP) is 1.24. The standard InChI is InChI=1S/C15H18O5/c16-8-12-11(6-15(18)19)13(17)7-14(12)20-9-10-4-2-1-3-5-10/h1-5,8,11-14,17H,6-7,9H2,(H,18,19). The third kappa shape index (κ3) is 3.43. The lowest BCUT2D eigenvalue weighted by Gasteiger charge is -2.19. The van der Waals surface area contributed by atoms with Crippen LogP contribution >= 0.6 is 0 Å². The Kier molecular flexibility index (Phi) is 4.87. The molecule has 0 aliphatic heterocycles. The summed E-state index contributed by atoms with van der Waals surface area (Å²) in [6, 6.07) is 9.52. The summed E-state index contributed by atoms with van der Waals surface area (Å²) in [6.07, 6.45) is -0.433. The van der Waals surface area contributed by atoms with E-state index in [0.717, 1.165) is 5.56 Å². The predicted molar refractivity (Wildman–Crippen MR) is 70.9 cm³/mol. The number of rotatable bonds is 6. The minimum absolute atomic E-state index is 0.213. The van der Waals surface area contributed by atoms with Crippen molar-refractivity contribution in [2.24, 2.45) is 11.8 Å². The summed E-state index contributed by atoms with van der Waals surface area (Å²) in [6.45, 7) is 0.350. The van der Waals surface area contributed by atoms with Gasteiger partial charge in [0.25, 0.3) is 0 Å². The maximum absolute atomic E-state index is 11.2. The summed E-state index contributed by atoms with van der Waals surface area (Å²) in [5.41, 5.74) is 0.980. The molecule has 0 radical (unpaired) electrons. The van der Waals surface area contributed by atoms with E-state index < -0.39 is 30.0 Å². The van der Waals surface area contributed by atoms with Crippen molar-refractivity contribution in [3.63, 3.8) is 0 Å². The molecule has 1 aromatic carbocycles. The molecule has 2 rings (SSSR count). The van der Waals surface area contributed by atoms with Crippen molar-refractivity contribution in [2.75, 3.05) is 0 Å². The van der Waals surface area contributed by atoms with Gasteiger partial charge in [-0.2, -0.15) is 0 Å².